The lowest BCUT2D eigenvalue weighted by Gasteiger charge is -2.28. The average molecular weight is 603 g/mol. The van der Waals surface area contributed by atoms with Gasteiger partial charge in [0.15, 0.2) is 0 Å². The van der Waals surface area contributed by atoms with Crippen LogP contribution in [0.2, 0.25) is 0 Å². The topological polar surface area (TPSA) is 78.9 Å². The third-order valence-corrected chi connectivity index (χ3v) is 8.17. The fraction of sp³-hybridized carbons (Fsp3) is 0.429. The number of ether oxygens (including phenoxy) is 1. The molecule has 0 radical (unpaired) electrons. The lowest BCUT2D eigenvalue weighted by atomic mass is 9.86. The van der Waals surface area contributed by atoms with Gasteiger partial charge < -0.3 is 20.1 Å². The van der Waals surface area contributed by atoms with Crippen molar-refractivity contribution in [2.45, 2.75) is 53.9 Å². The van der Waals surface area contributed by atoms with E-state index in [0.717, 1.165) is 24.3 Å². The van der Waals surface area contributed by atoms with Crippen LogP contribution in [-0.2, 0) is 26.7 Å². The first-order valence-corrected chi connectivity index (χ1v) is 13.8. The van der Waals surface area contributed by atoms with Crippen LogP contribution in [0.3, 0.4) is 0 Å². The number of carboxylic acids is 1. The number of carbonyl (C=O) groups excluding carboxylic acids is 1. The molecule has 0 spiro atoms. The van der Waals surface area contributed by atoms with Gasteiger partial charge in [0.2, 0.25) is 5.91 Å². The zero-order valence-corrected chi connectivity index (χ0v) is 22.5. The molecule has 1 aliphatic carbocycles. The van der Waals surface area contributed by atoms with E-state index in [2.05, 4.69) is 5.32 Å². The number of rotatable bonds is 7. The molecule has 1 aliphatic heterocycles. The molecule has 2 fully saturated rings. The van der Waals surface area contributed by atoms with Crippen molar-refractivity contribution in [1.29, 1.82) is 0 Å². The van der Waals surface area contributed by atoms with Gasteiger partial charge in [-0.1, -0.05) is 30.0 Å². The Morgan fingerprint density at radius 2 is 1.54 bits per heavy atom. The van der Waals surface area contributed by atoms with Gasteiger partial charge in [-0.25, -0.2) is 0 Å². The number of amides is 1. The van der Waals surface area contributed by atoms with Gasteiger partial charge in [-0.05, 0) is 55.5 Å². The Morgan fingerprint density at radius 3 is 2.15 bits per heavy atom. The van der Waals surface area contributed by atoms with Crippen molar-refractivity contribution in [3.63, 3.8) is 0 Å². The second-order valence-corrected chi connectivity index (χ2v) is 10.9. The van der Waals surface area contributed by atoms with Crippen molar-refractivity contribution < 1.29 is 45.8 Å². The molecule has 0 aromatic heterocycles. The highest BCUT2D eigenvalue weighted by Gasteiger charge is 2.46. The molecule has 1 saturated heterocycles. The number of aliphatic carboxylic acids is 1. The fourth-order valence-corrected chi connectivity index (χ4v) is 6.04. The van der Waals surface area contributed by atoms with Crippen LogP contribution in [0.15, 0.2) is 52.3 Å². The number of halogens is 6. The minimum atomic E-state index is -5.36. The van der Waals surface area contributed by atoms with Gasteiger partial charge in [0.05, 0.1) is 30.3 Å². The van der Waals surface area contributed by atoms with Crippen LogP contribution in [-0.4, -0.2) is 54.2 Å². The SMILES string of the molecule is O=C(O)C1CCC(Nc2ccccc2Sc2ccc(C=CC(=O)N3CCOCC3)c(C(F)(F)F)c2C(F)(F)F)CC1. The van der Waals surface area contributed by atoms with Gasteiger partial charge in [-0.2, -0.15) is 26.3 Å². The van der Waals surface area contributed by atoms with Gasteiger partial charge in [-0.3, -0.25) is 9.59 Å². The number of hydrogen-bond donors (Lipinski definition) is 2. The van der Waals surface area contributed by atoms with E-state index in [0.29, 0.717) is 43.1 Å². The van der Waals surface area contributed by atoms with E-state index >= 15 is 0 Å². The second kappa shape index (κ2) is 12.8. The standard InChI is InChI=1S/C28H28F6N2O4S/c29-27(30,31)24-17(8-12-23(37)36-13-15-40-16-14-36)7-11-22(25(24)28(32,33)34)41-21-4-2-1-3-20(21)35-19-9-5-18(6-10-19)26(38)39/h1-4,7-8,11-12,18-19,35H,5-6,9-10,13-16H2,(H,38,39). The molecular weight excluding hydrogens is 574 g/mol. The molecule has 6 nitrogen and oxygen atoms in total. The molecule has 0 unspecified atom stereocenters. The number of para-hydroxylation sites is 1. The Morgan fingerprint density at radius 1 is 0.902 bits per heavy atom. The first-order valence-electron chi connectivity index (χ1n) is 13.0. The third-order valence-electron chi connectivity index (χ3n) is 7.04. The van der Waals surface area contributed by atoms with Crippen LogP contribution in [0.25, 0.3) is 6.08 Å². The molecule has 4 rings (SSSR count). The van der Waals surface area contributed by atoms with E-state index in [1.54, 1.807) is 18.2 Å². The van der Waals surface area contributed by atoms with Crippen LogP contribution >= 0.6 is 11.8 Å². The molecular formula is C28H28F6N2O4S. The van der Waals surface area contributed by atoms with E-state index < -0.39 is 51.7 Å². The molecule has 1 amide bonds. The third kappa shape index (κ3) is 7.76. The summed E-state index contributed by atoms with van der Waals surface area (Å²) in [6, 6.07) is 8.15. The van der Waals surface area contributed by atoms with Crippen molar-refractivity contribution in [3.05, 3.63) is 59.2 Å². The molecule has 2 aliphatic rings. The van der Waals surface area contributed by atoms with Crippen LogP contribution in [0.5, 0.6) is 0 Å². The maximum Gasteiger partial charge on any atom is 0.418 e. The Labute approximate surface area is 236 Å². The van der Waals surface area contributed by atoms with Gasteiger partial charge in [0.25, 0.3) is 0 Å². The number of anilines is 1. The molecule has 0 atom stereocenters. The average Bonchev–Trinajstić information content (AvgIpc) is 2.92. The summed E-state index contributed by atoms with van der Waals surface area (Å²) in [7, 11) is 0. The Balaban J connectivity index is 1.65. The normalized spacial score (nSPS) is 20.3. The summed E-state index contributed by atoms with van der Waals surface area (Å²) in [4.78, 5) is 24.7. The number of hydrogen-bond acceptors (Lipinski definition) is 5. The Bertz CT molecular complexity index is 1280. The molecule has 1 heterocycles. The zero-order valence-electron chi connectivity index (χ0n) is 21.7. The summed E-state index contributed by atoms with van der Waals surface area (Å²) in [5.74, 6) is -1.95. The number of nitrogens with one attached hydrogen (secondary N) is 1. The van der Waals surface area contributed by atoms with E-state index in [1.807, 2.05) is 0 Å². The van der Waals surface area contributed by atoms with Crippen LogP contribution in [0, 0.1) is 5.92 Å². The van der Waals surface area contributed by atoms with Crippen molar-refractivity contribution in [3.8, 4) is 0 Å². The summed E-state index contributed by atoms with van der Waals surface area (Å²) in [6.45, 7) is 0.981. The molecule has 0 bridgehead atoms. The van der Waals surface area contributed by atoms with Gasteiger partial charge >= 0.3 is 18.3 Å². The summed E-state index contributed by atoms with van der Waals surface area (Å²) in [6.07, 6.45) is -7.13. The molecule has 2 aromatic carbocycles. The van der Waals surface area contributed by atoms with E-state index in [9.17, 15) is 41.0 Å². The number of nitrogens with zero attached hydrogens (tertiary/aromatic N) is 1. The summed E-state index contributed by atoms with van der Waals surface area (Å²) in [5.41, 5.74) is -4.01. The number of morpholine rings is 1. The predicted octanol–water partition coefficient (Wildman–Crippen LogP) is 6.80. The summed E-state index contributed by atoms with van der Waals surface area (Å²) in [5, 5.41) is 12.4. The second-order valence-electron chi connectivity index (χ2n) is 9.80. The number of carboxylic acid groups (broad SMARTS) is 1. The molecule has 1 saturated carbocycles. The van der Waals surface area contributed by atoms with Crippen molar-refractivity contribution in [2.75, 3.05) is 31.6 Å². The van der Waals surface area contributed by atoms with E-state index in [4.69, 9.17) is 4.74 Å². The lowest BCUT2D eigenvalue weighted by molar-refractivity contribution is -0.163. The molecule has 41 heavy (non-hydrogen) atoms. The van der Waals surface area contributed by atoms with Gasteiger partial charge in [-0.15, -0.1) is 0 Å². The predicted molar refractivity (Wildman–Crippen MR) is 140 cm³/mol. The Kier molecular flexibility index (Phi) is 9.58. The van der Waals surface area contributed by atoms with E-state index in [1.165, 1.54) is 11.0 Å². The van der Waals surface area contributed by atoms with E-state index in [-0.39, 0.29) is 37.2 Å². The number of carbonyl (C=O) groups is 2. The fourth-order valence-electron chi connectivity index (χ4n) is 4.96. The van der Waals surface area contributed by atoms with Crippen molar-refractivity contribution >= 4 is 35.4 Å². The number of benzene rings is 2. The smallest absolute Gasteiger partial charge is 0.418 e. The molecule has 222 valence electrons. The van der Waals surface area contributed by atoms with Crippen LogP contribution in [0.1, 0.15) is 42.4 Å². The maximum atomic E-state index is 14.3. The van der Waals surface area contributed by atoms with Crippen LogP contribution in [0.4, 0.5) is 32.0 Å². The summed E-state index contributed by atoms with van der Waals surface area (Å²) < 4.78 is 90.6. The molecule has 2 aromatic rings. The first-order chi connectivity index (χ1) is 19.3. The Hall–Kier alpha value is -3.19. The highest BCUT2D eigenvalue weighted by Crippen LogP contribution is 2.49. The number of alkyl halides is 6. The van der Waals surface area contributed by atoms with Gasteiger partial charge in [0, 0.05) is 40.7 Å². The van der Waals surface area contributed by atoms with Crippen LogP contribution < -0.4 is 5.32 Å². The highest BCUT2D eigenvalue weighted by atomic mass is 32.2. The minimum Gasteiger partial charge on any atom is -0.481 e. The quantitative estimate of drug-likeness (QED) is 0.268. The molecule has 13 heteroatoms. The minimum absolute atomic E-state index is 0.128. The zero-order chi connectivity index (χ0) is 29.8. The highest BCUT2D eigenvalue weighted by molar-refractivity contribution is 7.99. The monoisotopic (exact) mass is 602 g/mol. The largest absolute Gasteiger partial charge is 0.481 e. The van der Waals surface area contributed by atoms with Gasteiger partial charge in [0.1, 0.15) is 0 Å². The lowest BCUT2D eigenvalue weighted by Crippen LogP contribution is -2.39. The first kappa shape index (κ1) is 30.8. The van der Waals surface area contributed by atoms with Crippen molar-refractivity contribution in [2.24, 2.45) is 5.92 Å². The molecule has 2 N–H and O–H groups in total. The maximum absolute atomic E-state index is 14.3. The van der Waals surface area contributed by atoms with Crippen molar-refractivity contribution in [1.82, 2.24) is 4.90 Å². The summed E-state index contributed by atoms with van der Waals surface area (Å²) >= 11 is 0.558.